The van der Waals surface area contributed by atoms with E-state index in [1.54, 1.807) is 0 Å². The van der Waals surface area contributed by atoms with Gasteiger partial charge in [-0.05, 0) is 35.9 Å². The molecule has 3 nitrogen and oxygen atoms in total. The van der Waals surface area contributed by atoms with Gasteiger partial charge in [-0.3, -0.25) is 0 Å². The molecule has 2 aliphatic heterocycles. The number of fused-ring (bicyclic) bond motifs is 3. The van der Waals surface area contributed by atoms with Gasteiger partial charge in [-0.2, -0.15) is 5.10 Å². The molecule has 3 aromatic rings. The molecule has 2 aliphatic rings. The van der Waals surface area contributed by atoms with Crippen LogP contribution in [0.5, 0.6) is 5.75 Å². The number of hydrazone groups is 1. The highest BCUT2D eigenvalue weighted by atomic mass is 79.9. The summed E-state index contributed by atoms with van der Waals surface area (Å²) in [6.07, 6.45) is 0.551. The first kappa shape index (κ1) is 16.8. The lowest BCUT2D eigenvalue weighted by Crippen LogP contribution is -2.33. The van der Waals surface area contributed by atoms with Crippen molar-refractivity contribution < 1.29 is 4.74 Å². The number of nitrogens with zero attached hydrogens (tertiary/aromatic N) is 2. The minimum absolute atomic E-state index is 0.151. The molecule has 0 saturated carbocycles. The summed E-state index contributed by atoms with van der Waals surface area (Å²) in [5.41, 5.74) is 4.38. The second kappa shape index (κ2) is 6.70. The van der Waals surface area contributed by atoms with Crippen LogP contribution in [0.2, 0.25) is 5.02 Å². The molecular weight excluding hydrogens is 424 g/mol. The van der Waals surface area contributed by atoms with E-state index in [1.807, 2.05) is 48.5 Å². The van der Waals surface area contributed by atoms with Crippen molar-refractivity contribution in [3.63, 3.8) is 0 Å². The number of hydrogen-bond donors (Lipinski definition) is 0. The zero-order valence-electron chi connectivity index (χ0n) is 14.3. The van der Waals surface area contributed by atoms with E-state index in [2.05, 4.69) is 45.2 Å². The smallest absolute Gasteiger partial charge is 0.213 e. The van der Waals surface area contributed by atoms with E-state index in [1.165, 1.54) is 5.56 Å². The first-order valence-electron chi connectivity index (χ1n) is 8.82. The SMILES string of the molecule is Clc1cccc([C@@H]2Oc3ccccc3[C@@H]3CC(c4ccc(Br)cc4)=NN32)c1. The van der Waals surface area contributed by atoms with E-state index in [9.17, 15) is 0 Å². The molecule has 27 heavy (non-hydrogen) atoms. The molecule has 0 spiro atoms. The fraction of sp³-hybridized carbons (Fsp3) is 0.136. The highest BCUT2D eigenvalue weighted by Crippen LogP contribution is 2.47. The van der Waals surface area contributed by atoms with Gasteiger partial charge in [0.2, 0.25) is 6.23 Å². The molecule has 0 bridgehead atoms. The van der Waals surface area contributed by atoms with Gasteiger partial charge in [0, 0.05) is 27.0 Å². The van der Waals surface area contributed by atoms with Crippen LogP contribution in [-0.2, 0) is 0 Å². The molecule has 2 heterocycles. The van der Waals surface area contributed by atoms with E-state index in [0.29, 0.717) is 5.02 Å². The normalized spacial score (nSPS) is 20.5. The van der Waals surface area contributed by atoms with Crippen molar-refractivity contribution in [1.29, 1.82) is 0 Å². The lowest BCUT2D eigenvalue weighted by molar-refractivity contribution is -0.0190. The first-order chi connectivity index (χ1) is 13.2. The van der Waals surface area contributed by atoms with Crippen molar-refractivity contribution in [2.75, 3.05) is 0 Å². The van der Waals surface area contributed by atoms with E-state index in [4.69, 9.17) is 21.4 Å². The van der Waals surface area contributed by atoms with Crippen molar-refractivity contribution in [3.8, 4) is 5.75 Å². The molecule has 0 radical (unpaired) electrons. The number of hydrogen-bond acceptors (Lipinski definition) is 3. The van der Waals surface area contributed by atoms with Gasteiger partial charge in [-0.15, -0.1) is 0 Å². The third kappa shape index (κ3) is 3.03. The minimum Gasteiger partial charge on any atom is -0.464 e. The molecule has 5 rings (SSSR count). The average molecular weight is 440 g/mol. The second-order valence-corrected chi connectivity index (χ2v) is 8.07. The standard InChI is InChI=1S/C22H16BrClN2O/c23-16-10-8-14(9-11-16)19-13-20-18-6-1-2-7-21(18)27-22(26(20)25-19)15-4-3-5-17(24)12-15/h1-12,20,22H,13H2/t20-,22-/m0/s1. The molecule has 0 N–H and O–H groups in total. The maximum atomic E-state index is 6.34. The Morgan fingerprint density at radius 3 is 2.63 bits per heavy atom. The molecular formula is C22H16BrClN2O. The summed E-state index contributed by atoms with van der Waals surface area (Å²) >= 11 is 9.73. The van der Waals surface area contributed by atoms with Crippen LogP contribution >= 0.6 is 27.5 Å². The lowest BCUT2D eigenvalue weighted by atomic mass is 9.96. The fourth-order valence-electron chi connectivity index (χ4n) is 3.73. The van der Waals surface area contributed by atoms with Crippen LogP contribution in [0.25, 0.3) is 0 Å². The molecule has 134 valence electrons. The largest absolute Gasteiger partial charge is 0.464 e. The highest BCUT2D eigenvalue weighted by Gasteiger charge is 2.40. The maximum Gasteiger partial charge on any atom is 0.213 e. The Balaban J connectivity index is 1.60. The van der Waals surface area contributed by atoms with E-state index in [-0.39, 0.29) is 12.3 Å². The third-order valence-electron chi connectivity index (χ3n) is 5.01. The van der Waals surface area contributed by atoms with Crippen LogP contribution in [0.1, 0.15) is 35.4 Å². The molecule has 2 atom stereocenters. The van der Waals surface area contributed by atoms with Crippen LogP contribution in [0.4, 0.5) is 0 Å². The topological polar surface area (TPSA) is 24.8 Å². The van der Waals surface area contributed by atoms with Crippen molar-refractivity contribution in [3.05, 3.63) is 99.0 Å². The second-order valence-electron chi connectivity index (χ2n) is 6.72. The molecule has 0 unspecified atom stereocenters. The van der Waals surface area contributed by atoms with Crippen LogP contribution in [0.15, 0.2) is 82.4 Å². The van der Waals surface area contributed by atoms with Gasteiger partial charge in [0.1, 0.15) is 5.75 Å². The summed E-state index contributed by atoms with van der Waals surface area (Å²) in [6, 6.07) is 24.5. The summed E-state index contributed by atoms with van der Waals surface area (Å²) in [5, 5.41) is 7.73. The van der Waals surface area contributed by atoms with Gasteiger partial charge in [0.25, 0.3) is 0 Å². The van der Waals surface area contributed by atoms with Crippen molar-refractivity contribution in [2.45, 2.75) is 18.7 Å². The fourth-order valence-corrected chi connectivity index (χ4v) is 4.19. The Morgan fingerprint density at radius 1 is 1.00 bits per heavy atom. The number of rotatable bonds is 2. The molecule has 0 aliphatic carbocycles. The first-order valence-corrected chi connectivity index (χ1v) is 9.99. The van der Waals surface area contributed by atoms with Gasteiger partial charge in [-0.25, -0.2) is 5.01 Å². The van der Waals surface area contributed by atoms with Crippen LogP contribution in [0.3, 0.4) is 0 Å². The predicted octanol–water partition coefficient (Wildman–Crippen LogP) is 6.34. The Hall–Kier alpha value is -2.30. The monoisotopic (exact) mass is 438 g/mol. The Morgan fingerprint density at radius 2 is 1.81 bits per heavy atom. The number of halogens is 2. The quantitative estimate of drug-likeness (QED) is 0.465. The number of para-hydroxylation sites is 1. The Labute approximate surface area is 171 Å². The zero-order valence-corrected chi connectivity index (χ0v) is 16.7. The molecule has 0 saturated heterocycles. The number of ether oxygens (including phenoxy) is 1. The van der Waals surface area contributed by atoms with Crippen molar-refractivity contribution >= 4 is 33.2 Å². The molecule has 0 aromatic heterocycles. The predicted molar refractivity (Wildman–Crippen MR) is 111 cm³/mol. The van der Waals surface area contributed by atoms with Gasteiger partial charge < -0.3 is 4.74 Å². The van der Waals surface area contributed by atoms with E-state index < -0.39 is 0 Å². The summed E-state index contributed by atoms with van der Waals surface area (Å²) in [5.74, 6) is 0.913. The van der Waals surface area contributed by atoms with Gasteiger partial charge in [0.05, 0.1) is 11.8 Å². The Kier molecular flexibility index (Phi) is 4.18. The molecule has 3 aromatic carbocycles. The minimum atomic E-state index is -0.295. The zero-order chi connectivity index (χ0) is 18.4. The van der Waals surface area contributed by atoms with Crippen LogP contribution in [-0.4, -0.2) is 10.7 Å². The summed E-state index contributed by atoms with van der Waals surface area (Å²) in [6.45, 7) is 0. The van der Waals surface area contributed by atoms with E-state index in [0.717, 1.165) is 33.5 Å². The van der Waals surface area contributed by atoms with Crippen molar-refractivity contribution in [1.82, 2.24) is 5.01 Å². The third-order valence-corrected chi connectivity index (χ3v) is 5.77. The van der Waals surface area contributed by atoms with E-state index >= 15 is 0 Å². The summed E-state index contributed by atoms with van der Waals surface area (Å²) in [4.78, 5) is 0. The number of benzene rings is 3. The van der Waals surface area contributed by atoms with Gasteiger partial charge in [0.15, 0.2) is 0 Å². The Bertz CT molecular complexity index is 1030. The van der Waals surface area contributed by atoms with Crippen LogP contribution in [0, 0.1) is 0 Å². The van der Waals surface area contributed by atoms with Gasteiger partial charge >= 0.3 is 0 Å². The lowest BCUT2D eigenvalue weighted by Gasteiger charge is -2.38. The maximum absolute atomic E-state index is 6.34. The molecule has 5 heteroatoms. The highest BCUT2D eigenvalue weighted by molar-refractivity contribution is 9.10. The van der Waals surface area contributed by atoms with Crippen LogP contribution < -0.4 is 4.74 Å². The van der Waals surface area contributed by atoms with Gasteiger partial charge in [-0.1, -0.05) is 70.0 Å². The summed E-state index contributed by atoms with van der Waals surface area (Å²) < 4.78 is 7.41. The van der Waals surface area contributed by atoms with Crippen molar-refractivity contribution in [2.24, 2.45) is 5.10 Å². The average Bonchev–Trinajstić information content (AvgIpc) is 3.13. The summed E-state index contributed by atoms with van der Waals surface area (Å²) in [7, 11) is 0. The molecule has 0 amide bonds. The molecule has 0 fully saturated rings.